The Morgan fingerprint density at radius 3 is 2.57 bits per heavy atom. The maximum absolute atomic E-state index is 11.9. The molecule has 5 nitrogen and oxygen atoms in total. The van der Waals surface area contributed by atoms with Gasteiger partial charge in [-0.1, -0.05) is 36.4 Å². The molecule has 0 saturated carbocycles. The summed E-state index contributed by atoms with van der Waals surface area (Å²) < 4.78 is 9.65. The molecular weight excluding hydrogens is 296 g/mol. The summed E-state index contributed by atoms with van der Waals surface area (Å²) >= 11 is 0. The van der Waals surface area contributed by atoms with Crippen molar-refractivity contribution in [1.29, 1.82) is 0 Å². The van der Waals surface area contributed by atoms with Crippen LogP contribution in [0.3, 0.4) is 0 Å². The number of methoxy groups -OCH3 is 1. The lowest BCUT2D eigenvalue weighted by molar-refractivity contribution is 0.0593. The molecule has 0 saturated heterocycles. The number of fused-ring (bicyclic) bond motifs is 1. The van der Waals surface area contributed by atoms with Gasteiger partial charge in [-0.2, -0.15) is 0 Å². The van der Waals surface area contributed by atoms with Crippen molar-refractivity contribution < 1.29 is 19.1 Å². The van der Waals surface area contributed by atoms with E-state index in [4.69, 9.17) is 4.42 Å². The van der Waals surface area contributed by atoms with Crippen molar-refractivity contribution in [2.45, 2.75) is 6.42 Å². The summed E-state index contributed by atoms with van der Waals surface area (Å²) in [6.45, 7) is 0. The molecule has 0 fully saturated rings. The number of benzene rings is 2. The topological polar surface area (TPSA) is 76.7 Å². The molecule has 0 aliphatic heterocycles. The molecule has 1 heterocycles. The molecule has 0 aliphatic rings. The van der Waals surface area contributed by atoms with E-state index in [1.807, 2.05) is 36.4 Å². The van der Waals surface area contributed by atoms with Gasteiger partial charge in [0.15, 0.2) is 5.56 Å². The normalized spacial score (nSPS) is 10.7. The zero-order valence-corrected chi connectivity index (χ0v) is 12.4. The molecule has 0 atom stereocenters. The summed E-state index contributed by atoms with van der Waals surface area (Å²) in [5.41, 5.74) is 0.866. The van der Waals surface area contributed by atoms with Gasteiger partial charge in [0, 0.05) is 0 Å². The Balaban J connectivity index is 2.08. The summed E-state index contributed by atoms with van der Waals surface area (Å²) in [6, 6.07) is 15.0. The van der Waals surface area contributed by atoms with Crippen LogP contribution >= 0.6 is 0 Å². The van der Waals surface area contributed by atoms with Gasteiger partial charge >= 0.3 is 11.6 Å². The Labute approximate surface area is 131 Å². The number of ether oxygens (including phenoxy) is 1. The Morgan fingerprint density at radius 2 is 1.87 bits per heavy atom. The van der Waals surface area contributed by atoms with Crippen molar-refractivity contribution in [1.82, 2.24) is 0 Å². The van der Waals surface area contributed by atoms with Gasteiger partial charge < -0.3 is 14.3 Å². The SMILES string of the molecule is COC(=O)c1c(O)c2ccc(Cc3ccccc3)cc2oc1=O. The maximum atomic E-state index is 11.9. The molecule has 3 rings (SSSR count). The van der Waals surface area contributed by atoms with Gasteiger partial charge in [-0.15, -0.1) is 0 Å². The average Bonchev–Trinajstić information content (AvgIpc) is 2.55. The number of hydrogen-bond donors (Lipinski definition) is 1. The van der Waals surface area contributed by atoms with Crippen LogP contribution in [0.4, 0.5) is 0 Å². The van der Waals surface area contributed by atoms with Crippen LogP contribution in [0.15, 0.2) is 57.7 Å². The molecule has 3 aromatic rings. The van der Waals surface area contributed by atoms with Crippen LogP contribution in [0.5, 0.6) is 5.75 Å². The van der Waals surface area contributed by atoms with E-state index in [-0.39, 0.29) is 5.58 Å². The lowest BCUT2D eigenvalue weighted by atomic mass is 10.0. The van der Waals surface area contributed by atoms with Gasteiger partial charge in [0.05, 0.1) is 12.5 Å². The van der Waals surface area contributed by atoms with Gasteiger partial charge in [-0.3, -0.25) is 0 Å². The van der Waals surface area contributed by atoms with Gasteiger partial charge in [0.1, 0.15) is 11.3 Å². The summed E-state index contributed by atoms with van der Waals surface area (Å²) in [5, 5.41) is 10.4. The summed E-state index contributed by atoms with van der Waals surface area (Å²) in [5.74, 6) is -1.35. The highest BCUT2D eigenvalue weighted by atomic mass is 16.5. The van der Waals surface area contributed by atoms with Crippen LogP contribution in [0, 0.1) is 0 Å². The molecule has 0 bridgehead atoms. The van der Waals surface area contributed by atoms with E-state index in [2.05, 4.69) is 4.74 Å². The zero-order chi connectivity index (χ0) is 16.4. The van der Waals surface area contributed by atoms with E-state index in [0.29, 0.717) is 11.8 Å². The van der Waals surface area contributed by atoms with Crippen LogP contribution in [0.25, 0.3) is 11.0 Å². The van der Waals surface area contributed by atoms with E-state index in [9.17, 15) is 14.7 Å². The number of esters is 1. The smallest absolute Gasteiger partial charge is 0.354 e. The Morgan fingerprint density at radius 1 is 1.13 bits per heavy atom. The number of hydrogen-bond acceptors (Lipinski definition) is 5. The third-order valence-corrected chi connectivity index (χ3v) is 3.59. The van der Waals surface area contributed by atoms with Gasteiger partial charge in [-0.25, -0.2) is 9.59 Å². The van der Waals surface area contributed by atoms with Crippen LogP contribution < -0.4 is 5.63 Å². The molecule has 116 valence electrons. The Bertz CT molecular complexity index is 925. The van der Waals surface area contributed by atoms with Crippen LogP contribution in [0.2, 0.25) is 0 Å². The highest BCUT2D eigenvalue weighted by Gasteiger charge is 2.21. The molecule has 0 radical (unpaired) electrons. The van der Waals surface area contributed by atoms with E-state index in [1.54, 1.807) is 12.1 Å². The van der Waals surface area contributed by atoms with E-state index in [0.717, 1.165) is 18.2 Å². The van der Waals surface area contributed by atoms with Crippen molar-refractivity contribution in [2.24, 2.45) is 0 Å². The molecule has 0 unspecified atom stereocenters. The minimum Gasteiger partial charge on any atom is -0.506 e. The summed E-state index contributed by atoms with van der Waals surface area (Å²) in [6.07, 6.45) is 0.667. The van der Waals surface area contributed by atoms with Gasteiger partial charge in [-0.05, 0) is 29.7 Å². The monoisotopic (exact) mass is 310 g/mol. The fraction of sp³-hybridized carbons (Fsp3) is 0.111. The number of aromatic hydroxyl groups is 1. The molecule has 23 heavy (non-hydrogen) atoms. The largest absolute Gasteiger partial charge is 0.506 e. The standard InChI is InChI=1S/C18H14O5/c1-22-17(20)15-16(19)13-8-7-12(10-14(13)23-18(15)21)9-11-5-3-2-4-6-11/h2-8,10,19H,9H2,1H3. The van der Waals surface area contributed by atoms with Crippen molar-refractivity contribution in [3.8, 4) is 5.75 Å². The number of carbonyl (C=O) groups excluding carboxylic acids is 1. The predicted molar refractivity (Wildman–Crippen MR) is 84.7 cm³/mol. The first kappa shape index (κ1) is 14.8. The minimum absolute atomic E-state index is 0.230. The molecule has 1 N–H and O–H groups in total. The molecule has 0 spiro atoms. The fourth-order valence-corrected chi connectivity index (χ4v) is 2.45. The van der Waals surface area contributed by atoms with Crippen molar-refractivity contribution in [3.63, 3.8) is 0 Å². The first-order chi connectivity index (χ1) is 11.1. The lowest BCUT2D eigenvalue weighted by Gasteiger charge is -2.07. The van der Waals surface area contributed by atoms with E-state index in [1.165, 1.54) is 0 Å². The second kappa shape index (κ2) is 5.96. The summed E-state index contributed by atoms with van der Waals surface area (Å²) in [7, 11) is 1.13. The molecule has 0 aliphatic carbocycles. The first-order valence-corrected chi connectivity index (χ1v) is 7.01. The number of carbonyl (C=O) groups is 1. The number of rotatable bonds is 3. The van der Waals surface area contributed by atoms with Crippen LogP contribution in [-0.2, 0) is 11.2 Å². The minimum atomic E-state index is -0.925. The molecule has 0 amide bonds. The van der Waals surface area contributed by atoms with E-state index >= 15 is 0 Å². The second-order valence-electron chi connectivity index (χ2n) is 5.10. The molecule has 5 heteroatoms. The van der Waals surface area contributed by atoms with Crippen LogP contribution in [-0.4, -0.2) is 18.2 Å². The third kappa shape index (κ3) is 2.81. The Hall–Kier alpha value is -3.08. The molecule has 2 aromatic carbocycles. The predicted octanol–water partition coefficient (Wildman–Crippen LogP) is 2.88. The molecule has 1 aromatic heterocycles. The zero-order valence-electron chi connectivity index (χ0n) is 12.4. The molecular formula is C18H14O5. The quantitative estimate of drug-likeness (QED) is 0.594. The first-order valence-electron chi connectivity index (χ1n) is 7.01. The van der Waals surface area contributed by atoms with Gasteiger partial charge in [0.25, 0.3) is 0 Å². The lowest BCUT2D eigenvalue weighted by Crippen LogP contribution is -2.15. The summed E-state index contributed by atoms with van der Waals surface area (Å²) in [4.78, 5) is 23.5. The highest BCUT2D eigenvalue weighted by Crippen LogP contribution is 2.28. The second-order valence-corrected chi connectivity index (χ2v) is 5.10. The van der Waals surface area contributed by atoms with Crippen molar-refractivity contribution in [3.05, 3.63) is 75.6 Å². The van der Waals surface area contributed by atoms with Crippen LogP contribution in [0.1, 0.15) is 21.5 Å². The average molecular weight is 310 g/mol. The van der Waals surface area contributed by atoms with Gasteiger partial charge in [0.2, 0.25) is 0 Å². The maximum Gasteiger partial charge on any atom is 0.354 e. The fourth-order valence-electron chi connectivity index (χ4n) is 2.45. The Kier molecular flexibility index (Phi) is 3.85. The highest BCUT2D eigenvalue weighted by molar-refractivity contribution is 5.98. The van der Waals surface area contributed by atoms with Crippen molar-refractivity contribution in [2.75, 3.05) is 7.11 Å². The third-order valence-electron chi connectivity index (χ3n) is 3.59. The van der Waals surface area contributed by atoms with E-state index < -0.39 is 22.9 Å². The van der Waals surface area contributed by atoms with Crippen molar-refractivity contribution >= 4 is 16.9 Å².